The Morgan fingerprint density at radius 2 is 1.71 bits per heavy atom. The molecule has 4 rings (SSSR count). The number of rotatable bonds is 4. The van der Waals surface area contributed by atoms with Gasteiger partial charge in [0, 0.05) is 23.5 Å². The predicted octanol–water partition coefficient (Wildman–Crippen LogP) is 4.52. The van der Waals surface area contributed by atoms with Gasteiger partial charge in [0.2, 0.25) is 0 Å². The van der Waals surface area contributed by atoms with E-state index in [-0.39, 0.29) is 26.9 Å². The zero-order chi connectivity index (χ0) is 22.3. The molecule has 1 unspecified atom stereocenters. The smallest absolute Gasteiger partial charge is 0.349 e. The van der Waals surface area contributed by atoms with Crippen LogP contribution in [0.5, 0.6) is 0 Å². The van der Waals surface area contributed by atoms with Crippen LogP contribution in [-0.4, -0.2) is 41.7 Å². The molecule has 31 heavy (non-hydrogen) atoms. The second-order valence-corrected chi connectivity index (χ2v) is 7.38. The molecule has 0 saturated heterocycles. The third-order valence-corrected chi connectivity index (χ3v) is 5.11. The summed E-state index contributed by atoms with van der Waals surface area (Å²) in [6, 6.07) is 3.30. The van der Waals surface area contributed by atoms with Crippen LogP contribution in [0.1, 0.15) is 24.4 Å². The van der Waals surface area contributed by atoms with Crippen LogP contribution in [0.15, 0.2) is 37.2 Å². The SMILES string of the molecule is CC(c1ncnn1-c1cc(Cl)ncn1)N(C)c1ncnc2c(C(F)(F)F)cc(Cl)cc12. The number of hydrogen-bond donors (Lipinski definition) is 0. The Balaban J connectivity index is 1.80. The monoisotopic (exact) mass is 468 g/mol. The normalized spacial score (nSPS) is 12.9. The molecule has 1 atom stereocenters. The Kier molecular flexibility index (Phi) is 5.40. The third-order valence-electron chi connectivity index (χ3n) is 4.69. The molecule has 3 aromatic heterocycles. The minimum atomic E-state index is -4.62. The fraction of sp³-hybridized carbons (Fsp3) is 0.222. The molecule has 0 aliphatic heterocycles. The van der Waals surface area contributed by atoms with E-state index in [4.69, 9.17) is 23.2 Å². The van der Waals surface area contributed by atoms with Gasteiger partial charge in [0.1, 0.15) is 30.0 Å². The van der Waals surface area contributed by atoms with E-state index in [9.17, 15) is 13.2 Å². The van der Waals surface area contributed by atoms with Crippen molar-refractivity contribution in [3.05, 3.63) is 58.7 Å². The Morgan fingerprint density at radius 3 is 2.42 bits per heavy atom. The second kappa shape index (κ2) is 7.89. The zero-order valence-electron chi connectivity index (χ0n) is 16.0. The number of aromatic nitrogens is 7. The molecule has 0 aliphatic rings. The molecule has 13 heteroatoms. The van der Waals surface area contributed by atoms with Crippen molar-refractivity contribution in [3.8, 4) is 5.82 Å². The highest BCUT2D eigenvalue weighted by molar-refractivity contribution is 6.31. The molecule has 0 bridgehead atoms. The lowest BCUT2D eigenvalue weighted by atomic mass is 10.1. The lowest BCUT2D eigenvalue weighted by Gasteiger charge is -2.26. The van der Waals surface area contributed by atoms with Crippen molar-refractivity contribution in [2.45, 2.75) is 19.1 Å². The van der Waals surface area contributed by atoms with E-state index in [0.717, 1.165) is 12.4 Å². The quantitative estimate of drug-likeness (QED) is 0.406. The summed E-state index contributed by atoms with van der Waals surface area (Å²) in [5.41, 5.74) is -1.18. The van der Waals surface area contributed by atoms with E-state index < -0.39 is 17.8 Å². The van der Waals surface area contributed by atoms with Crippen molar-refractivity contribution < 1.29 is 13.2 Å². The average Bonchev–Trinajstić information content (AvgIpc) is 3.21. The molecule has 0 amide bonds. The van der Waals surface area contributed by atoms with Crippen molar-refractivity contribution in [1.82, 2.24) is 34.7 Å². The molecular weight excluding hydrogens is 456 g/mol. The molecule has 0 radical (unpaired) electrons. The molecule has 0 saturated carbocycles. The van der Waals surface area contributed by atoms with Gasteiger partial charge in [-0.3, -0.25) is 0 Å². The molecule has 1 aromatic carbocycles. The fourth-order valence-electron chi connectivity index (χ4n) is 3.13. The minimum absolute atomic E-state index is 0.0734. The summed E-state index contributed by atoms with van der Waals surface area (Å²) in [5.74, 6) is 1.10. The van der Waals surface area contributed by atoms with Crippen molar-refractivity contribution in [2.75, 3.05) is 11.9 Å². The standard InChI is InChI=1S/C18H13Cl2F3N8/c1-9(16-28-8-29-31(16)14-5-13(20)24-6-25-14)30(2)17-11-3-10(19)4-12(18(21,22)23)15(11)26-7-27-17/h3-9H,1-2H3. The Labute approximate surface area is 183 Å². The molecular formula is C18H13Cl2F3N8. The molecule has 3 heterocycles. The van der Waals surface area contributed by atoms with Crippen LogP contribution >= 0.6 is 23.2 Å². The Bertz CT molecular complexity index is 1260. The molecule has 0 N–H and O–H groups in total. The van der Waals surface area contributed by atoms with Gasteiger partial charge in [0.05, 0.1) is 17.1 Å². The fourth-order valence-corrected chi connectivity index (χ4v) is 3.48. The first-order valence-corrected chi connectivity index (χ1v) is 9.54. The summed E-state index contributed by atoms with van der Waals surface area (Å²) in [7, 11) is 1.67. The number of halogens is 5. The van der Waals surface area contributed by atoms with E-state index in [1.165, 1.54) is 29.5 Å². The summed E-state index contributed by atoms with van der Waals surface area (Å²) in [4.78, 5) is 22.0. The first-order valence-electron chi connectivity index (χ1n) is 8.79. The number of benzene rings is 1. The molecule has 4 aromatic rings. The number of hydrogen-bond acceptors (Lipinski definition) is 7. The third kappa shape index (κ3) is 3.98. The largest absolute Gasteiger partial charge is 0.418 e. The van der Waals surface area contributed by atoms with Crippen LogP contribution in [0.25, 0.3) is 16.7 Å². The first-order chi connectivity index (χ1) is 14.7. The van der Waals surface area contributed by atoms with Gasteiger partial charge in [0.15, 0.2) is 11.6 Å². The van der Waals surface area contributed by atoms with Crippen LogP contribution in [0.3, 0.4) is 0 Å². The average molecular weight is 469 g/mol. The lowest BCUT2D eigenvalue weighted by molar-refractivity contribution is -0.136. The minimum Gasteiger partial charge on any atom is -0.349 e. The maximum absolute atomic E-state index is 13.5. The Morgan fingerprint density at radius 1 is 0.968 bits per heavy atom. The number of alkyl halides is 3. The van der Waals surface area contributed by atoms with Crippen molar-refractivity contribution in [1.29, 1.82) is 0 Å². The summed E-state index contributed by atoms with van der Waals surface area (Å²) < 4.78 is 42.0. The summed E-state index contributed by atoms with van der Waals surface area (Å²) in [6.07, 6.45) is -0.910. The summed E-state index contributed by atoms with van der Waals surface area (Å²) in [6.45, 7) is 1.80. The van der Waals surface area contributed by atoms with Crippen LogP contribution in [0.2, 0.25) is 10.2 Å². The highest BCUT2D eigenvalue weighted by Gasteiger charge is 2.35. The summed E-state index contributed by atoms with van der Waals surface area (Å²) >= 11 is 11.9. The van der Waals surface area contributed by atoms with Gasteiger partial charge >= 0.3 is 6.18 Å². The molecule has 8 nitrogen and oxygen atoms in total. The van der Waals surface area contributed by atoms with Gasteiger partial charge < -0.3 is 4.90 Å². The van der Waals surface area contributed by atoms with Gasteiger partial charge in [-0.2, -0.15) is 23.0 Å². The van der Waals surface area contributed by atoms with E-state index in [1.54, 1.807) is 18.9 Å². The predicted molar refractivity (Wildman–Crippen MR) is 108 cm³/mol. The zero-order valence-corrected chi connectivity index (χ0v) is 17.5. The van der Waals surface area contributed by atoms with E-state index in [2.05, 4.69) is 30.0 Å². The van der Waals surface area contributed by atoms with Gasteiger partial charge in [-0.25, -0.2) is 24.9 Å². The number of anilines is 1. The lowest BCUT2D eigenvalue weighted by Crippen LogP contribution is -2.26. The van der Waals surface area contributed by atoms with E-state index >= 15 is 0 Å². The molecule has 0 fully saturated rings. The highest BCUT2D eigenvalue weighted by Crippen LogP contribution is 2.39. The van der Waals surface area contributed by atoms with Crippen molar-refractivity contribution >= 4 is 39.9 Å². The van der Waals surface area contributed by atoms with Gasteiger partial charge in [0.25, 0.3) is 0 Å². The maximum Gasteiger partial charge on any atom is 0.418 e. The van der Waals surface area contributed by atoms with Crippen LogP contribution in [-0.2, 0) is 6.18 Å². The van der Waals surface area contributed by atoms with Gasteiger partial charge in [-0.05, 0) is 19.1 Å². The van der Waals surface area contributed by atoms with E-state index in [1.807, 2.05) is 0 Å². The van der Waals surface area contributed by atoms with Gasteiger partial charge in [-0.1, -0.05) is 23.2 Å². The van der Waals surface area contributed by atoms with Crippen LogP contribution in [0, 0.1) is 0 Å². The maximum atomic E-state index is 13.5. The molecule has 160 valence electrons. The molecule has 0 aliphatic carbocycles. The number of fused-ring (bicyclic) bond motifs is 1. The molecule has 0 spiro atoms. The van der Waals surface area contributed by atoms with E-state index in [0.29, 0.717) is 11.6 Å². The van der Waals surface area contributed by atoms with Crippen LogP contribution < -0.4 is 4.90 Å². The number of nitrogens with zero attached hydrogens (tertiary/aromatic N) is 8. The Hall–Kier alpha value is -3.05. The van der Waals surface area contributed by atoms with Crippen molar-refractivity contribution in [2.24, 2.45) is 0 Å². The second-order valence-electron chi connectivity index (χ2n) is 6.56. The van der Waals surface area contributed by atoms with Crippen molar-refractivity contribution in [3.63, 3.8) is 0 Å². The first kappa shape index (κ1) is 21.2. The highest BCUT2D eigenvalue weighted by atomic mass is 35.5. The van der Waals surface area contributed by atoms with Gasteiger partial charge in [-0.15, -0.1) is 0 Å². The van der Waals surface area contributed by atoms with Crippen LogP contribution in [0.4, 0.5) is 19.0 Å². The summed E-state index contributed by atoms with van der Waals surface area (Å²) in [5, 5.41) is 4.49. The topological polar surface area (TPSA) is 85.5 Å².